The molecule has 0 saturated heterocycles. The molecule has 1 aromatic carbocycles. The highest BCUT2D eigenvalue weighted by atomic mass is 16.5. The molecule has 43 heavy (non-hydrogen) atoms. The number of aromatic nitrogens is 5. The van der Waals surface area contributed by atoms with Crippen LogP contribution in [0.25, 0.3) is 28.2 Å². The fourth-order valence-electron chi connectivity index (χ4n) is 4.77. The molecule has 0 radical (unpaired) electrons. The molecule has 11 nitrogen and oxygen atoms in total. The van der Waals surface area contributed by atoms with Crippen LogP contribution in [0.2, 0.25) is 0 Å². The van der Waals surface area contributed by atoms with Gasteiger partial charge >= 0.3 is 0 Å². The highest BCUT2D eigenvalue weighted by Gasteiger charge is 2.21. The Morgan fingerprint density at radius 3 is 2.74 bits per heavy atom. The number of fused-ring (bicyclic) bond motifs is 1. The molecule has 0 spiro atoms. The Balaban J connectivity index is 1.34. The van der Waals surface area contributed by atoms with Crippen molar-refractivity contribution in [2.45, 2.75) is 45.1 Å². The van der Waals surface area contributed by atoms with E-state index in [9.17, 15) is 9.59 Å². The number of aryl methyl sites for hydroxylation is 1. The summed E-state index contributed by atoms with van der Waals surface area (Å²) in [4.78, 5) is 46.1. The largest absolute Gasteiger partial charge is 0.496 e. The van der Waals surface area contributed by atoms with E-state index in [2.05, 4.69) is 30.2 Å². The number of rotatable bonds is 13. The number of aromatic amines is 1. The maximum absolute atomic E-state index is 13.1. The number of ketones is 1. The second kappa shape index (κ2) is 13.6. The van der Waals surface area contributed by atoms with Gasteiger partial charge in [-0.2, -0.15) is 0 Å². The third-order valence-corrected chi connectivity index (χ3v) is 6.99. The van der Waals surface area contributed by atoms with Crippen LogP contribution in [-0.4, -0.2) is 43.7 Å². The van der Waals surface area contributed by atoms with Gasteiger partial charge in [0, 0.05) is 35.3 Å². The molecule has 220 valence electrons. The van der Waals surface area contributed by atoms with Crippen LogP contribution in [0.15, 0.2) is 77.4 Å². The summed E-state index contributed by atoms with van der Waals surface area (Å²) in [6.07, 6.45) is 10.8. The second-order valence-electron chi connectivity index (χ2n) is 10.1. The summed E-state index contributed by atoms with van der Waals surface area (Å²) in [5.74, 6) is 0.789. The van der Waals surface area contributed by atoms with Crippen molar-refractivity contribution in [3.63, 3.8) is 0 Å². The number of nitrogens with two attached hydrogens (primary N) is 1. The van der Waals surface area contributed by atoms with Crippen molar-refractivity contribution in [1.29, 1.82) is 0 Å². The zero-order chi connectivity index (χ0) is 30.2. The average Bonchev–Trinajstić information content (AvgIpc) is 3.73. The predicted molar refractivity (Wildman–Crippen MR) is 162 cm³/mol. The number of unbranched alkanes of at least 4 members (excludes halogenated alkanes) is 2. The average molecular weight is 580 g/mol. The number of oxazole rings is 1. The number of Topliss-reactive ketones (excluding diaryl/α,β-unsaturated/α-hetero) is 1. The first-order valence-electron chi connectivity index (χ1n) is 14.0. The van der Waals surface area contributed by atoms with Crippen LogP contribution in [0.3, 0.4) is 0 Å². The summed E-state index contributed by atoms with van der Waals surface area (Å²) in [5, 5.41) is 3.98. The number of H-pyrrole nitrogens is 1. The number of hydrogen-bond donors (Lipinski definition) is 3. The van der Waals surface area contributed by atoms with E-state index in [1.54, 1.807) is 31.6 Å². The van der Waals surface area contributed by atoms with E-state index in [0.717, 1.165) is 40.7 Å². The van der Waals surface area contributed by atoms with E-state index in [-0.39, 0.29) is 17.4 Å². The zero-order valence-electron chi connectivity index (χ0n) is 24.0. The molecule has 0 bridgehead atoms. The van der Waals surface area contributed by atoms with E-state index in [1.807, 2.05) is 37.3 Å². The molecule has 5 rings (SSSR count). The van der Waals surface area contributed by atoms with E-state index < -0.39 is 11.9 Å². The number of nitrogens with zero attached hydrogens (tertiary/aromatic N) is 4. The SMILES string of the molecule is COc1cc2nc(C)ccc2cc1-c1cnc([C@H](CCCCCC(=O)c2ncco2)NC(=O)C(N)=Cc2ccccn2)[nH]1. The van der Waals surface area contributed by atoms with Gasteiger partial charge in [-0.3, -0.25) is 19.6 Å². The molecule has 0 unspecified atom stereocenters. The molecule has 1 amide bonds. The van der Waals surface area contributed by atoms with Gasteiger partial charge in [0.2, 0.25) is 5.78 Å². The standard InChI is InChI=1S/C32H33N7O4/c1-20-11-12-21-16-23(29(42-2)18-26(21)37-20)27-19-36-30(38-27)25(9-4-3-5-10-28(40)32-35-14-15-43-32)39-31(41)24(33)17-22-8-6-7-13-34-22/h6-8,11-19,25H,3-5,9-10,33H2,1-2H3,(H,36,38)(H,39,41)/t25-/m0/s1. The maximum Gasteiger partial charge on any atom is 0.267 e. The van der Waals surface area contributed by atoms with Crippen molar-refractivity contribution in [3.05, 3.63) is 96.1 Å². The van der Waals surface area contributed by atoms with Gasteiger partial charge in [-0.25, -0.2) is 9.97 Å². The third-order valence-electron chi connectivity index (χ3n) is 6.99. The first-order chi connectivity index (χ1) is 20.9. The van der Waals surface area contributed by atoms with Crippen LogP contribution in [0.4, 0.5) is 0 Å². The fourth-order valence-corrected chi connectivity index (χ4v) is 4.77. The number of ether oxygens (including phenoxy) is 1. The molecule has 1 atom stereocenters. The Morgan fingerprint density at radius 2 is 1.98 bits per heavy atom. The topological polar surface area (TPSA) is 162 Å². The molecule has 0 aliphatic rings. The summed E-state index contributed by atoms with van der Waals surface area (Å²) < 4.78 is 10.8. The minimum absolute atomic E-state index is 0.0333. The van der Waals surface area contributed by atoms with Crippen LogP contribution in [0.1, 0.15) is 66.0 Å². The van der Waals surface area contributed by atoms with Crippen molar-refractivity contribution >= 4 is 28.7 Å². The lowest BCUT2D eigenvalue weighted by Crippen LogP contribution is -2.33. The number of imidazole rings is 1. The lowest BCUT2D eigenvalue weighted by atomic mass is 10.0. The number of hydrogen-bond acceptors (Lipinski definition) is 9. The Hall–Kier alpha value is -5.32. The number of carbonyl (C=O) groups excluding carboxylic acids is 2. The van der Waals surface area contributed by atoms with Crippen molar-refractivity contribution in [1.82, 2.24) is 30.2 Å². The Morgan fingerprint density at radius 1 is 1.09 bits per heavy atom. The van der Waals surface area contributed by atoms with Crippen LogP contribution < -0.4 is 15.8 Å². The molecular formula is C32H33N7O4. The van der Waals surface area contributed by atoms with Gasteiger partial charge in [0.15, 0.2) is 0 Å². The minimum atomic E-state index is -0.463. The third kappa shape index (κ3) is 7.31. The van der Waals surface area contributed by atoms with Crippen LogP contribution in [-0.2, 0) is 4.79 Å². The van der Waals surface area contributed by atoms with Crippen LogP contribution in [0, 0.1) is 6.92 Å². The molecule has 5 aromatic rings. The summed E-state index contributed by atoms with van der Waals surface area (Å²) in [6.45, 7) is 1.95. The molecule has 4 heterocycles. The second-order valence-corrected chi connectivity index (χ2v) is 10.1. The van der Waals surface area contributed by atoms with Gasteiger partial charge in [-0.1, -0.05) is 25.0 Å². The summed E-state index contributed by atoms with van der Waals surface area (Å²) in [7, 11) is 1.62. The molecule has 4 aromatic heterocycles. The lowest BCUT2D eigenvalue weighted by molar-refractivity contribution is -0.118. The number of pyridine rings is 2. The smallest absolute Gasteiger partial charge is 0.267 e. The van der Waals surface area contributed by atoms with Crippen molar-refractivity contribution in [2.24, 2.45) is 5.73 Å². The normalized spacial score (nSPS) is 12.3. The highest BCUT2D eigenvalue weighted by molar-refractivity contribution is 5.96. The minimum Gasteiger partial charge on any atom is -0.496 e. The Kier molecular flexibility index (Phi) is 9.20. The fraction of sp³-hybridized carbons (Fsp3) is 0.250. The van der Waals surface area contributed by atoms with Gasteiger partial charge < -0.3 is 25.2 Å². The Labute approximate surface area is 248 Å². The first kappa shape index (κ1) is 29.2. The summed E-state index contributed by atoms with van der Waals surface area (Å²) >= 11 is 0. The van der Waals surface area contributed by atoms with E-state index in [4.69, 9.17) is 14.9 Å². The number of methoxy groups -OCH3 is 1. The van der Waals surface area contributed by atoms with Gasteiger partial charge in [0.25, 0.3) is 11.8 Å². The summed E-state index contributed by atoms with van der Waals surface area (Å²) in [6, 6.07) is 12.8. The van der Waals surface area contributed by atoms with Crippen LogP contribution in [0.5, 0.6) is 5.75 Å². The van der Waals surface area contributed by atoms with E-state index in [1.165, 1.54) is 18.5 Å². The van der Waals surface area contributed by atoms with Gasteiger partial charge in [-0.05, 0) is 50.1 Å². The van der Waals surface area contributed by atoms with Crippen molar-refractivity contribution in [3.8, 4) is 17.0 Å². The quantitative estimate of drug-likeness (QED) is 0.0952. The zero-order valence-corrected chi connectivity index (χ0v) is 24.0. The number of benzene rings is 1. The first-order valence-corrected chi connectivity index (χ1v) is 14.0. The molecule has 4 N–H and O–H groups in total. The van der Waals surface area contributed by atoms with E-state index in [0.29, 0.717) is 36.5 Å². The molecule has 0 aliphatic heterocycles. The Bertz CT molecular complexity index is 1730. The molecular weight excluding hydrogens is 546 g/mol. The molecule has 0 saturated carbocycles. The highest BCUT2D eigenvalue weighted by Crippen LogP contribution is 2.33. The number of carbonyl (C=O) groups is 2. The lowest BCUT2D eigenvalue weighted by Gasteiger charge is -2.17. The van der Waals surface area contributed by atoms with Crippen molar-refractivity contribution < 1.29 is 18.7 Å². The van der Waals surface area contributed by atoms with Gasteiger partial charge in [-0.15, -0.1) is 0 Å². The van der Waals surface area contributed by atoms with Crippen molar-refractivity contribution in [2.75, 3.05) is 7.11 Å². The number of nitrogens with one attached hydrogen (secondary N) is 2. The van der Waals surface area contributed by atoms with Gasteiger partial charge in [0.05, 0.1) is 48.1 Å². The maximum atomic E-state index is 13.1. The molecule has 0 fully saturated rings. The molecule has 0 aliphatic carbocycles. The van der Waals surface area contributed by atoms with Crippen LogP contribution >= 0.6 is 0 Å². The van der Waals surface area contributed by atoms with E-state index >= 15 is 0 Å². The summed E-state index contributed by atoms with van der Waals surface area (Å²) in [5.41, 5.74) is 10.1. The molecule has 11 heteroatoms. The number of amides is 1. The monoisotopic (exact) mass is 579 g/mol. The predicted octanol–water partition coefficient (Wildman–Crippen LogP) is 5.32. The van der Waals surface area contributed by atoms with Gasteiger partial charge in [0.1, 0.15) is 17.8 Å².